The van der Waals surface area contributed by atoms with Gasteiger partial charge in [-0.05, 0) is 49.2 Å². The number of hydrogen-bond acceptors (Lipinski definition) is 6. The highest BCUT2D eigenvalue weighted by Gasteiger charge is 2.25. The van der Waals surface area contributed by atoms with Crippen molar-refractivity contribution >= 4 is 34.3 Å². The van der Waals surface area contributed by atoms with Crippen LogP contribution in [-0.2, 0) is 27.3 Å². The molecule has 1 amide bonds. The smallest absolute Gasteiger partial charge is 0.308 e. The molecule has 0 radical (unpaired) electrons. The van der Waals surface area contributed by atoms with Crippen molar-refractivity contribution in [1.29, 1.82) is 0 Å². The van der Waals surface area contributed by atoms with Crippen LogP contribution in [-0.4, -0.2) is 40.1 Å². The van der Waals surface area contributed by atoms with E-state index in [1.54, 1.807) is 59.0 Å². The van der Waals surface area contributed by atoms with Crippen molar-refractivity contribution in [2.75, 3.05) is 11.4 Å². The van der Waals surface area contributed by atoms with Gasteiger partial charge in [0.15, 0.2) is 6.10 Å². The number of amides is 1. The molecule has 0 N–H and O–H groups in total. The van der Waals surface area contributed by atoms with Gasteiger partial charge in [0.1, 0.15) is 0 Å². The van der Waals surface area contributed by atoms with E-state index in [0.29, 0.717) is 29.4 Å². The van der Waals surface area contributed by atoms with Crippen molar-refractivity contribution < 1.29 is 19.1 Å². The number of carbonyl (C=O) groups excluding carboxylic acids is 3. The van der Waals surface area contributed by atoms with E-state index in [1.807, 2.05) is 0 Å². The van der Waals surface area contributed by atoms with E-state index >= 15 is 0 Å². The molecule has 0 saturated heterocycles. The first kappa shape index (κ1) is 21.4. The van der Waals surface area contributed by atoms with Gasteiger partial charge in [-0.3, -0.25) is 23.9 Å². The number of fused-ring (bicyclic) bond motifs is 2. The first-order valence-corrected chi connectivity index (χ1v) is 10.4. The van der Waals surface area contributed by atoms with Crippen molar-refractivity contribution in [3.05, 3.63) is 70.0 Å². The van der Waals surface area contributed by atoms with Gasteiger partial charge in [-0.2, -0.15) is 5.10 Å². The largest absolute Gasteiger partial charge is 0.454 e. The lowest BCUT2D eigenvalue weighted by molar-refractivity contribution is -0.146. The Bertz CT molecular complexity index is 1280. The number of para-hydroxylation sites is 1. The average Bonchev–Trinajstić information content (AvgIpc) is 3.22. The lowest BCUT2D eigenvalue weighted by Gasteiger charge is -2.16. The Labute approximate surface area is 184 Å². The monoisotopic (exact) mass is 433 g/mol. The number of anilines is 1. The van der Waals surface area contributed by atoms with Crippen molar-refractivity contribution in [3.8, 4) is 0 Å². The molecule has 1 aliphatic rings. The lowest BCUT2D eigenvalue weighted by atomic mass is 10.0. The molecule has 8 heteroatoms. The minimum atomic E-state index is -0.940. The molecule has 2 aromatic carbocycles. The van der Waals surface area contributed by atoms with E-state index in [4.69, 9.17) is 4.74 Å². The van der Waals surface area contributed by atoms with Gasteiger partial charge in [0.25, 0.3) is 0 Å². The molecule has 0 saturated carbocycles. The number of hydrogen-bond donors (Lipinski definition) is 0. The predicted molar refractivity (Wildman–Crippen MR) is 119 cm³/mol. The van der Waals surface area contributed by atoms with Gasteiger partial charge in [0, 0.05) is 30.1 Å². The Hall–Kier alpha value is -3.81. The fourth-order valence-electron chi connectivity index (χ4n) is 3.96. The predicted octanol–water partition coefficient (Wildman–Crippen LogP) is 2.51. The summed E-state index contributed by atoms with van der Waals surface area (Å²) in [6.07, 6.45) is 0.977. The number of nitrogens with zero attached hydrogens (tertiary/aromatic N) is 3. The van der Waals surface area contributed by atoms with Crippen LogP contribution in [0.15, 0.2) is 53.5 Å². The maximum Gasteiger partial charge on any atom is 0.308 e. The van der Waals surface area contributed by atoms with Gasteiger partial charge in [0.05, 0.1) is 24.7 Å². The third-order valence-corrected chi connectivity index (χ3v) is 5.61. The molecule has 164 valence electrons. The summed E-state index contributed by atoms with van der Waals surface area (Å²) in [5, 5.41) is 4.62. The van der Waals surface area contributed by atoms with Crippen molar-refractivity contribution in [2.24, 2.45) is 0 Å². The number of rotatable bonds is 6. The highest BCUT2D eigenvalue weighted by Crippen LogP contribution is 2.29. The Morgan fingerprint density at radius 1 is 1.16 bits per heavy atom. The van der Waals surface area contributed by atoms with Crippen LogP contribution in [0.25, 0.3) is 10.9 Å². The molecule has 2 heterocycles. The summed E-state index contributed by atoms with van der Waals surface area (Å²) in [7, 11) is 0. The Morgan fingerprint density at radius 2 is 1.94 bits per heavy atom. The number of ether oxygens (including phenoxy) is 1. The lowest BCUT2D eigenvalue weighted by Crippen LogP contribution is -2.26. The van der Waals surface area contributed by atoms with Crippen LogP contribution in [0.2, 0.25) is 0 Å². The van der Waals surface area contributed by atoms with Gasteiger partial charge >= 0.3 is 5.97 Å². The highest BCUT2D eigenvalue weighted by molar-refractivity contribution is 6.01. The minimum Gasteiger partial charge on any atom is -0.454 e. The Morgan fingerprint density at radius 3 is 2.72 bits per heavy atom. The summed E-state index contributed by atoms with van der Waals surface area (Å²) < 4.78 is 6.92. The summed E-state index contributed by atoms with van der Waals surface area (Å²) in [6.45, 7) is 3.88. The van der Waals surface area contributed by atoms with Crippen molar-refractivity contribution in [1.82, 2.24) is 9.78 Å². The molecule has 1 unspecified atom stereocenters. The van der Waals surface area contributed by atoms with Crippen LogP contribution in [0.1, 0.15) is 36.2 Å². The number of esters is 1. The molecular formula is C24H23N3O5. The third kappa shape index (κ3) is 4.16. The summed E-state index contributed by atoms with van der Waals surface area (Å²) in [6, 6.07) is 12.2. The molecule has 4 rings (SSSR count). The van der Waals surface area contributed by atoms with Crippen LogP contribution in [0.3, 0.4) is 0 Å². The topological polar surface area (TPSA) is 98.6 Å². The average molecular weight is 433 g/mol. The third-order valence-electron chi connectivity index (χ3n) is 5.61. The number of carbonyl (C=O) groups is 3. The van der Waals surface area contributed by atoms with Crippen LogP contribution >= 0.6 is 0 Å². The molecule has 1 aliphatic heterocycles. The van der Waals surface area contributed by atoms with Gasteiger partial charge in [-0.25, -0.2) is 0 Å². The number of aryl methyl sites for hydroxylation is 1. The van der Waals surface area contributed by atoms with Gasteiger partial charge in [-0.15, -0.1) is 0 Å². The zero-order chi connectivity index (χ0) is 22.8. The molecule has 1 aromatic heterocycles. The molecule has 0 aliphatic carbocycles. The van der Waals surface area contributed by atoms with Crippen LogP contribution in [0.5, 0.6) is 0 Å². The molecule has 1 atom stereocenters. The van der Waals surface area contributed by atoms with Crippen molar-refractivity contribution in [2.45, 2.75) is 39.3 Å². The van der Waals surface area contributed by atoms with Crippen LogP contribution < -0.4 is 10.3 Å². The van der Waals surface area contributed by atoms with E-state index in [1.165, 1.54) is 13.1 Å². The zero-order valence-corrected chi connectivity index (χ0v) is 17.9. The number of benzene rings is 2. The molecule has 8 nitrogen and oxygen atoms in total. The number of ketones is 1. The minimum absolute atomic E-state index is 0.00917. The number of Topliss-reactive ketones (excluding diaryl/α,β-unsaturated/α-hetero) is 1. The number of aromatic nitrogens is 2. The van der Waals surface area contributed by atoms with E-state index < -0.39 is 12.1 Å². The maximum atomic E-state index is 12.8. The van der Waals surface area contributed by atoms with Crippen LogP contribution in [0, 0.1) is 0 Å². The quantitative estimate of drug-likeness (QED) is 0.438. The van der Waals surface area contributed by atoms with Crippen LogP contribution in [0.4, 0.5) is 5.69 Å². The van der Waals surface area contributed by atoms with Gasteiger partial charge in [-0.1, -0.05) is 12.1 Å². The summed E-state index contributed by atoms with van der Waals surface area (Å²) in [4.78, 5) is 50.4. The van der Waals surface area contributed by atoms with E-state index in [2.05, 4.69) is 5.10 Å². The Balaban J connectivity index is 1.39. The molecular weight excluding hydrogens is 410 g/mol. The first-order chi connectivity index (χ1) is 15.3. The van der Waals surface area contributed by atoms with E-state index in [0.717, 1.165) is 11.3 Å². The molecule has 0 bridgehead atoms. The fraction of sp³-hybridized carbons (Fsp3) is 0.292. The Kier molecular flexibility index (Phi) is 5.85. The maximum absolute atomic E-state index is 12.8. The molecule has 0 spiro atoms. The standard InChI is InChI=1S/C24H23N3O5/c1-15(24(31)18-7-8-20-17(13-18)9-11-26(20)16(2)28)32-23(30)10-12-27-21-6-4-3-5-19(21)22(29)14-25-27/h3-8,13-15H,9-12H2,1-2H3. The highest BCUT2D eigenvalue weighted by atomic mass is 16.5. The normalized spacial score (nSPS) is 13.6. The van der Waals surface area contributed by atoms with Gasteiger partial charge < -0.3 is 9.64 Å². The van der Waals surface area contributed by atoms with E-state index in [9.17, 15) is 19.2 Å². The summed E-state index contributed by atoms with van der Waals surface area (Å²) in [5.74, 6) is -0.858. The summed E-state index contributed by atoms with van der Waals surface area (Å²) in [5.41, 5.74) is 2.65. The second-order valence-corrected chi connectivity index (χ2v) is 7.76. The SMILES string of the molecule is CC(=O)N1CCc2cc(C(=O)C(C)OC(=O)CCn3ncc(=O)c4ccccc43)ccc21. The molecule has 0 fully saturated rings. The van der Waals surface area contributed by atoms with Crippen molar-refractivity contribution in [3.63, 3.8) is 0 Å². The van der Waals surface area contributed by atoms with E-state index in [-0.39, 0.29) is 30.1 Å². The first-order valence-electron chi connectivity index (χ1n) is 10.4. The zero-order valence-electron chi connectivity index (χ0n) is 17.9. The molecule has 3 aromatic rings. The fourth-order valence-corrected chi connectivity index (χ4v) is 3.96. The second kappa shape index (κ2) is 8.74. The summed E-state index contributed by atoms with van der Waals surface area (Å²) >= 11 is 0. The second-order valence-electron chi connectivity index (χ2n) is 7.76. The van der Waals surface area contributed by atoms with Gasteiger partial charge in [0.2, 0.25) is 17.1 Å². The molecule has 32 heavy (non-hydrogen) atoms.